The molecular weight excluding hydrogens is 258 g/mol. The van der Waals surface area contributed by atoms with Gasteiger partial charge < -0.3 is 21.5 Å². The van der Waals surface area contributed by atoms with Gasteiger partial charge in [-0.3, -0.25) is 4.79 Å². The quantitative estimate of drug-likeness (QED) is 0.657. The van der Waals surface area contributed by atoms with Crippen molar-refractivity contribution in [3.8, 4) is 0 Å². The second-order valence-electron chi connectivity index (χ2n) is 5.60. The Morgan fingerprint density at radius 1 is 1.35 bits per heavy atom. The van der Waals surface area contributed by atoms with Crippen molar-refractivity contribution >= 4 is 17.5 Å². The molecule has 0 atom stereocenters. The molecule has 7 heteroatoms. The third-order valence-electron chi connectivity index (χ3n) is 2.64. The number of carbonyl (C=O) groups excluding carboxylic acids is 1. The number of carbonyl (C=O) groups is 1. The lowest BCUT2D eigenvalue weighted by molar-refractivity contribution is -0.122. The molecule has 0 aliphatic carbocycles. The molecule has 0 aromatic carbocycles. The first-order valence-electron chi connectivity index (χ1n) is 6.46. The summed E-state index contributed by atoms with van der Waals surface area (Å²) in [6.07, 6.45) is 0. The first-order chi connectivity index (χ1) is 9.21. The SMILES string of the molecule is Cc1c(N)nc(C(C)(C)C)nc1NCCOCC(N)=O. The molecule has 0 spiro atoms. The van der Waals surface area contributed by atoms with Gasteiger partial charge in [0.15, 0.2) is 0 Å². The molecule has 0 aliphatic rings. The van der Waals surface area contributed by atoms with Gasteiger partial charge in [-0.25, -0.2) is 9.97 Å². The van der Waals surface area contributed by atoms with Crippen molar-refractivity contribution in [1.29, 1.82) is 0 Å². The standard InChI is InChI=1S/C13H23N5O2/c1-8-10(15)17-12(13(2,3)4)18-11(8)16-5-6-20-7-9(14)19/h5-7H2,1-4H3,(H2,14,19)(H3,15,16,17,18). The molecule has 7 nitrogen and oxygen atoms in total. The molecule has 0 unspecified atom stereocenters. The summed E-state index contributed by atoms with van der Waals surface area (Å²) in [5, 5.41) is 3.13. The fourth-order valence-corrected chi connectivity index (χ4v) is 1.46. The highest BCUT2D eigenvalue weighted by molar-refractivity contribution is 5.74. The van der Waals surface area contributed by atoms with Gasteiger partial charge in [-0.05, 0) is 6.92 Å². The number of nitrogens with zero attached hydrogens (tertiary/aromatic N) is 2. The van der Waals surface area contributed by atoms with E-state index in [0.29, 0.717) is 30.6 Å². The highest BCUT2D eigenvalue weighted by atomic mass is 16.5. The van der Waals surface area contributed by atoms with Crippen LogP contribution in [0.3, 0.4) is 0 Å². The maximum atomic E-state index is 10.5. The minimum absolute atomic E-state index is 0.0835. The van der Waals surface area contributed by atoms with Crippen molar-refractivity contribution in [2.24, 2.45) is 5.73 Å². The number of anilines is 2. The summed E-state index contributed by atoms with van der Waals surface area (Å²) in [6, 6.07) is 0. The highest BCUT2D eigenvalue weighted by Crippen LogP contribution is 2.24. The Kier molecular flexibility index (Phi) is 5.26. The molecule has 0 saturated heterocycles. The van der Waals surface area contributed by atoms with Crippen LogP contribution < -0.4 is 16.8 Å². The van der Waals surface area contributed by atoms with E-state index in [2.05, 4.69) is 15.3 Å². The fraction of sp³-hybridized carbons (Fsp3) is 0.615. The van der Waals surface area contributed by atoms with E-state index < -0.39 is 5.91 Å². The maximum absolute atomic E-state index is 10.5. The number of nitrogens with one attached hydrogen (secondary N) is 1. The first-order valence-corrected chi connectivity index (χ1v) is 6.46. The van der Waals surface area contributed by atoms with Gasteiger partial charge >= 0.3 is 0 Å². The van der Waals surface area contributed by atoms with E-state index in [4.69, 9.17) is 16.2 Å². The second-order valence-corrected chi connectivity index (χ2v) is 5.60. The van der Waals surface area contributed by atoms with Gasteiger partial charge in [0.1, 0.15) is 24.1 Å². The summed E-state index contributed by atoms with van der Waals surface area (Å²) in [5.74, 6) is 1.35. The van der Waals surface area contributed by atoms with Crippen molar-refractivity contribution in [2.75, 3.05) is 30.8 Å². The topological polar surface area (TPSA) is 116 Å². The van der Waals surface area contributed by atoms with Crippen LogP contribution in [0.5, 0.6) is 0 Å². The summed E-state index contributed by atoms with van der Waals surface area (Å²) in [5.41, 5.74) is 11.5. The zero-order valence-corrected chi connectivity index (χ0v) is 12.5. The Morgan fingerprint density at radius 2 is 2.00 bits per heavy atom. The smallest absolute Gasteiger partial charge is 0.243 e. The second kappa shape index (κ2) is 6.51. The van der Waals surface area contributed by atoms with E-state index in [9.17, 15) is 4.79 Å². The molecule has 1 heterocycles. The number of amides is 1. The first kappa shape index (κ1) is 16.2. The van der Waals surface area contributed by atoms with E-state index in [-0.39, 0.29) is 12.0 Å². The van der Waals surface area contributed by atoms with Crippen LogP contribution in [-0.4, -0.2) is 35.6 Å². The zero-order chi connectivity index (χ0) is 15.3. The Bertz CT molecular complexity index is 482. The molecule has 0 fully saturated rings. The lowest BCUT2D eigenvalue weighted by Crippen LogP contribution is -2.22. The predicted octanol–water partition coefficient (Wildman–Crippen LogP) is 0.579. The molecule has 1 aromatic heterocycles. The Morgan fingerprint density at radius 3 is 2.55 bits per heavy atom. The molecule has 0 radical (unpaired) electrons. The fourth-order valence-electron chi connectivity index (χ4n) is 1.46. The third kappa shape index (κ3) is 4.65. The maximum Gasteiger partial charge on any atom is 0.243 e. The minimum Gasteiger partial charge on any atom is -0.383 e. The van der Waals surface area contributed by atoms with Gasteiger partial charge in [0.05, 0.1) is 6.61 Å². The van der Waals surface area contributed by atoms with Crippen LogP contribution in [0, 0.1) is 6.92 Å². The van der Waals surface area contributed by atoms with Crippen LogP contribution in [0.2, 0.25) is 0 Å². The van der Waals surface area contributed by atoms with Gasteiger partial charge in [0.25, 0.3) is 0 Å². The van der Waals surface area contributed by atoms with Gasteiger partial charge in [-0.15, -0.1) is 0 Å². The van der Waals surface area contributed by atoms with Crippen molar-refractivity contribution in [3.05, 3.63) is 11.4 Å². The molecule has 112 valence electrons. The third-order valence-corrected chi connectivity index (χ3v) is 2.64. The van der Waals surface area contributed by atoms with Crippen molar-refractivity contribution in [1.82, 2.24) is 9.97 Å². The van der Waals surface area contributed by atoms with E-state index in [1.807, 2.05) is 27.7 Å². The molecule has 20 heavy (non-hydrogen) atoms. The Balaban J connectivity index is 2.69. The van der Waals surface area contributed by atoms with Gasteiger partial charge in [-0.2, -0.15) is 0 Å². The van der Waals surface area contributed by atoms with Crippen LogP contribution in [0.4, 0.5) is 11.6 Å². The molecule has 5 N–H and O–H groups in total. The van der Waals surface area contributed by atoms with Gasteiger partial charge in [0.2, 0.25) is 5.91 Å². The molecule has 1 aromatic rings. The molecule has 0 saturated carbocycles. The minimum atomic E-state index is -0.484. The predicted molar refractivity (Wildman–Crippen MR) is 78.4 cm³/mol. The lowest BCUT2D eigenvalue weighted by Gasteiger charge is -2.19. The Hall–Kier alpha value is -1.89. The van der Waals surface area contributed by atoms with Crippen molar-refractivity contribution in [3.63, 3.8) is 0 Å². The normalized spacial score (nSPS) is 11.4. The number of hydrogen-bond donors (Lipinski definition) is 3. The lowest BCUT2D eigenvalue weighted by atomic mass is 9.95. The number of aromatic nitrogens is 2. The van der Waals surface area contributed by atoms with Crippen LogP contribution in [0.25, 0.3) is 0 Å². The van der Waals surface area contributed by atoms with Gasteiger partial charge in [-0.1, -0.05) is 20.8 Å². The summed E-state index contributed by atoms with van der Waals surface area (Å²) < 4.78 is 5.07. The number of rotatable bonds is 6. The molecule has 1 amide bonds. The number of nitrogen functional groups attached to an aromatic ring is 1. The van der Waals surface area contributed by atoms with E-state index in [1.54, 1.807) is 0 Å². The Labute approximate surface area is 119 Å². The molecular formula is C13H23N5O2. The number of hydrogen-bond acceptors (Lipinski definition) is 6. The van der Waals surface area contributed by atoms with Crippen LogP contribution in [0.1, 0.15) is 32.2 Å². The van der Waals surface area contributed by atoms with E-state index in [1.165, 1.54) is 0 Å². The molecule has 0 bridgehead atoms. The summed E-state index contributed by atoms with van der Waals surface area (Å²) in [6.45, 7) is 8.71. The summed E-state index contributed by atoms with van der Waals surface area (Å²) in [7, 11) is 0. The van der Waals surface area contributed by atoms with E-state index >= 15 is 0 Å². The number of nitrogens with two attached hydrogens (primary N) is 2. The molecule has 1 rings (SSSR count). The van der Waals surface area contributed by atoms with E-state index in [0.717, 1.165) is 5.56 Å². The summed E-state index contributed by atoms with van der Waals surface area (Å²) in [4.78, 5) is 19.3. The monoisotopic (exact) mass is 281 g/mol. The highest BCUT2D eigenvalue weighted by Gasteiger charge is 2.20. The van der Waals surface area contributed by atoms with Gasteiger partial charge in [0, 0.05) is 17.5 Å². The van der Waals surface area contributed by atoms with Crippen molar-refractivity contribution in [2.45, 2.75) is 33.1 Å². The zero-order valence-electron chi connectivity index (χ0n) is 12.5. The van der Waals surface area contributed by atoms with Crippen LogP contribution in [0.15, 0.2) is 0 Å². The average Bonchev–Trinajstić information content (AvgIpc) is 2.31. The largest absolute Gasteiger partial charge is 0.383 e. The summed E-state index contributed by atoms with van der Waals surface area (Å²) >= 11 is 0. The van der Waals surface area contributed by atoms with Crippen LogP contribution in [-0.2, 0) is 14.9 Å². The number of primary amides is 1. The number of ether oxygens (including phenoxy) is 1. The van der Waals surface area contributed by atoms with Crippen molar-refractivity contribution < 1.29 is 9.53 Å². The van der Waals surface area contributed by atoms with Crippen LogP contribution >= 0.6 is 0 Å². The average molecular weight is 281 g/mol. The molecule has 0 aliphatic heterocycles.